The van der Waals surface area contributed by atoms with Gasteiger partial charge in [0, 0.05) is 17.4 Å². The van der Waals surface area contributed by atoms with Crippen LogP contribution in [0.4, 0.5) is 15.8 Å². The molecule has 0 aliphatic carbocycles. The van der Waals surface area contributed by atoms with Crippen molar-refractivity contribution < 1.29 is 14.0 Å². The average molecular weight is 391 g/mol. The lowest BCUT2D eigenvalue weighted by molar-refractivity contribution is 0.102. The van der Waals surface area contributed by atoms with Crippen LogP contribution in [0.1, 0.15) is 51.7 Å². The molecule has 0 aliphatic heterocycles. The van der Waals surface area contributed by atoms with E-state index in [0.29, 0.717) is 0 Å². The van der Waals surface area contributed by atoms with Crippen LogP contribution in [0.3, 0.4) is 0 Å². The molecule has 2 N–H and O–H groups in total. The molecular formula is C23H22FN3O2. The van der Waals surface area contributed by atoms with E-state index in [4.69, 9.17) is 0 Å². The van der Waals surface area contributed by atoms with Crippen molar-refractivity contribution >= 4 is 23.2 Å². The number of hydrogen-bond acceptors (Lipinski definition) is 3. The van der Waals surface area contributed by atoms with Gasteiger partial charge in [-0.3, -0.25) is 14.6 Å². The summed E-state index contributed by atoms with van der Waals surface area (Å²) in [6.45, 7) is 6.05. The zero-order valence-electron chi connectivity index (χ0n) is 16.5. The predicted octanol–water partition coefficient (Wildman–Crippen LogP) is 5.16. The van der Waals surface area contributed by atoms with Gasteiger partial charge >= 0.3 is 0 Å². The monoisotopic (exact) mass is 391 g/mol. The summed E-state index contributed by atoms with van der Waals surface area (Å²) in [5.41, 5.74) is 3.12. The molecule has 148 valence electrons. The molecule has 0 saturated carbocycles. The van der Waals surface area contributed by atoms with E-state index >= 15 is 0 Å². The number of pyridine rings is 1. The van der Waals surface area contributed by atoms with Crippen molar-refractivity contribution in [2.75, 3.05) is 10.6 Å². The Morgan fingerprint density at radius 1 is 0.966 bits per heavy atom. The molecule has 1 aromatic heterocycles. The Morgan fingerprint density at radius 3 is 2.45 bits per heavy atom. The van der Waals surface area contributed by atoms with Crippen molar-refractivity contribution in [3.8, 4) is 0 Å². The lowest BCUT2D eigenvalue weighted by Gasteiger charge is -2.16. The molecule has 3 rings (SSSR count). The zero-order chi connectivity index (χ0) is 21.0. The Bertz CT molecular complexity index is 1060. The molecule has 0 atom stereocenters. The maximum absolute atomic E-state index is 13.8. The van der Waals surface area contributed by atoms with Crippen LogP contribution in [0, 0.1) is 12.7 Å². The Labute approximate surface area is 169 Å². The van der Waals surface area contributed by atoms with E-state index < -0.39 is 11.7 Å². The molecule has 0 fully saturated rings. The number of aryl methyl sites for hydroxylation is 1. The molecule has 0 aliphatic rings. The smallest absolute Gasteiger partial charge is 0.274 e. The second kappa shape index (κ2) is 8.65. The van der Waals surface area contributed by atoms with E-state index in [0.717, 1.165) is 16.8 Å². The number of nitrogens with zero attached hydrogens (tertiary/aromatic N) is 1. The van der Waals surface area contributed by atoms with Gasteiger partial charge in [0.15, 0.2) is 0 Å². The molecule has 2 amide bonds. The van der Waals surface area contributed by atoms with Gasteiger partial charge < -0.3 is 10.6 Å². The second-order valence-corrected chi connectivity index (χ2v) is 7.01. The van der Waals surface area contributed by atoms with E-state index in [1.54, 1.807) is 6.07 Å². The lowest BCUT2D eigenvalue weighted by Crippen LogP contribution is -2.18. The van der Waals surface area contributed by atoms with Gasteiger partial charge in [-0.1, -0.05) is 44.2 Å². The normalized spacial score (nSPS) is 10.7. The molecule has 0 saturated heterocycles. The van der Waals surface area contributed by atoms with Crippen molar-refractivity contribution in [3.05, 3.63) is 89.0 Å². The number of nitrogens with one attached hydrogen (secondary N) is 2. The number of amides is 2. The Balaban J connectivity index is 1.82. The summed E-state index contributed by atoms with van der Waals surface area (Å²) in [6, 6.07) is 14.6. The van der Waals surface area contributed by atoms with E-state index in [1.165, 1.54) is 36.5 Å². The first-order valence-electron chi connectivity index (χ1n) is 9.29. The molecule has 0 unspecified atom stereocenters. The van der Waals surface area contributed by atoms with Crippen LogP contribution in [0.15, 0.2) is 60.8 Å². The molecule has 0 spiro atoms. The summed E-state index contributed by atoms with van der Waals surface area (Å²) in [6.07, 6.45) is 1.38. The molecule has 0 bridgehead atoms. The minimum absolute atomic E-state index is 0.0229. The summed E-state index contributed by atoms with van der Waals surface area (Å²) in [5, 5.41) is 5.41. The third-order valence-electron chi connectivity index (χ3n) is 4.54. The maximum atomic E-state index is 13.8. The Kier molecular flexibility index (Phi) is 6.02. The number of hydrogen-bond donors (Lipinski definition) is 2. The number of rotatable bonds is 5. The van der Waals surface area contributed by atoms with Crippen LogP contribution in [-0.2, 0) is 0 Å². The number of carbonyl (C=O) groups is 2. The SMILES string of the molecule is Cc1cccc(C(C)C)c1NC(=O)c1ccnc(C(=O)Nc2ccccc2F)c1. The molecule has 5 nitrogen and oxygen atoms in total. The van der Waals surface area contributed by atoms with Gasteiger partial charge in [-0.2, -0.15) is 0 Å². The number of carbonyl (C=O) groups excluding carboxylic acids is 2. The fourth-order valence-electron chi connectivity index (χ4n) is 2.97. The van der Waals surface area contributed by atoms with Crippen molar-refractivity contribution in [3.63, 3.8) is 0 Å². The zero-order valence-corrected chi connectivity index (χ0v) is 16.5. The van der Waals surface area contributed by atoms with E-state index in [-0.39, 0.29) is 28.8 Å². The summed E-state index contributed by atoms with van der Waals surface area (Å²) in [4.78, 5) is 29.2. The Hall–Kier alpha value is -3.54. The van der Waals surface area contributed by atoms with Crippen molar-refractivity contribution in [2.45, 2.75) is 26.7 Å². The van der Waals surface area contributed by atoms with E-state index in [9.17, 15) is 14.0 Å². The van der Waals surface area contributed by atoms with Crippen molar-refractivity contribution in [2.24, 2.45) is 0 Å². The Morgan fingerprint density at radius 2 is 1.72 bits per heavy atom. The van der Waals surface area contributed by atoms with E-state index in [1.807, 2.05) is 25.1 Å². The molecule has 2 aromatic carbocycles. The maximum Gasteiger partial charge on any atom is 0.274 e. The molecule has 3 aromatic rings. The summed E-state index contributed by atoms with van der Waals surface area (Å²) in [7, 11) is 0. The van der Waals surface area contributed by atoms with Gasteiger partial charge in [0.05, 0.1) is 5.69 Å². The lowest BCUT2D eigenvalue weighted by atomic mass is 9.98. The van der Waals surface area contributed by atoms with Crippen LogP contribution in [0.2, 0.25) is 0 Å². The van der Waals surface area contributed by atoms with Crippen molar-refractivity contribution in [1.82, 2.24) is 4.98 Å². The van der Waals surface area contributed by atoms with Crippen molar-refractivity contribution in [1.29, 1.82) is 0 Å². The van der Waals surface area contributed by atoms with Crippen LogP contribution < -0.4 is 10.6 Å². The summed E-state index contributed by atoms with van der Waals surface area (Å²) < 4.78 is 13.8. The average Bonchev–Trinajstić information content (AvgIpc) is 2.71. The van der Waals surface area contributed by atoms with E-state index in [2.05, 4.69) is 29.5 Å². The molecule has 29 heavy (non-hydrogen) atoms. The van der Waals surface area contributed by atoms with Gasteiger partial charge in [0.1, 0.15) is 11.5 Å². The third kappa shape index (κ3) is 4.66. The van der Waals surface area contributed by atoms with Crippen LogP contribution in [-0.4, -0.2) is 16.8 Å². The van der Waals surface area contributed by atoms with Crippen LogP contribution in [0.25, 0.3) is 0 Å². The molecular weight excluding hydrogens is 369 g/mol. The number of halogens is 1. The number of benzene rings is 2. The predicted molar refractivity (Wildman–Crippen MR) is 112 cm³/mol. The topological polar surface area (TPSA) is 71.1 Å². The van der Waals surface area contributed by atoms with Gasteiger partial charge in [-0.05, 0) is 48.2 Å². The highest BCUT2D eigenvalue weighted by atomic mass is 19.1. The third-order valence-corrected chi connectivity index (χ3v) is 4.54. The minimum Gasteiger partial charge on any atom is -0.321 e. The summed E-state index contributed by atoms with van der Waals surface area (Å²) >= 11 is 0. The minimum atomic E-state index is -0.594. The first kappa shape index (κ1) is 20.2. The second-order valence-electron chi connectivity index (χ2n) is 7.01. The fraction of sp³-hybridized carbons (Fsp3) is 0.174. The molecule has 6 heteroatoms. The fourth-order valence-corrected chi connectivity index (χ4v) is 2.97. The van der Waals surface area contributed by atoms with Gasteiger partial charge in [-0.25, -0.2) is 4.39 Å². The van der Waals surface area contributed by atoms with Crippen LogP contribution >= 0.6 is 0 Å². The van der Waals surface area contributed by atoms with Gasteiger partial charge in [-0.15, -0.1) is 0 Å². The van der Waals surface area contributed by atoms with Crippen LogP contribution in [0.5, 0.6) is 0 Å². The first-order chi connectivity index (χ1) is 13.9. The highest BCUT2D eigenvalue weighted by Gasteiger charge is 2.16. The van der Waals surface area contributed by atoms with Gasteiger partial charge in [0.2, 0.25) is 0 Å². The quantitative estimate of drug-likeness (QED) is 0.631. The first-order valence-corrected chi connectivity index (χ1v) is 9.29. The summed E-state index contributed by atoms with van der Waals surface area (Å²) in [5.74, 6) is -1.24. The largest absolute Gasteiger partial charge is 0.321 e. The molecule has 0 radical (unpaired) electrons. The number of aromatic nitrogens is 1. The highest BCUT2D eigenvalue weighted by Crippen LogP contribution is 2.28. The standard InChI is InChI=1S/C23H22FN3O2/c1-14(2)17-8-6-7-15(3)21(17)27-22(28)16-11-12-25-20(13-16)23(29)26-19-10-5-4-9-18(19)24/h4-14H,1-3H3,(H,26,29)(H,27,28). The highest BCUT2D eigenvalue weighted by molar-refractivity contribution is 6.08. The number of anilines is 2. The van der Waals surface area contributed by atoms with Gasteiger partial charge in [0.25, 0.3) is 11.8 Å². The molecule has 1 heterocycles. The number of para-hydroxylation sites is 2.